The van der Waals surface area contributed by atoms with Gasteiger partial charge in [-0.05, 0) is 50.6 Å². The van der Waals surface area contributed by atoms with Gasteiger partial charge in [0, 0.05) is 24.2 Å². The SMILES string of the molecule is Cc1ccc(C#CCO)cc1C(=O)NCC1CCN(C)C1. The minimum Gasteiger partial charge on any atom is -0.384 e. The number of hydrogen-bond acceptors (Lipinski definition) is 3. The molecule has 1 aliphatic heterocycles. The highest BCUT2D eigenvalue weighted by Gasteiger charge is 2.20. The van der Waals surface area contributed by atoms with E-state index in [1.807, 2.05) is 19.1 Å². The van der Waals surface area contributed by atoms with Crippen molar-refractivity contribution in [3.63, 3.8) is 0 Å². The first kappa shape index (κ1) is 15.6. The minimum absolute atomic E-state index is 0.0466. The van der Waals surface area contributed by atoms with Gasteiger partial charge in [0.25, 0.3) is 5.91 Å². The molecule has 0 radical (unpaired) electrons. The van der Waals surface area contributed by atoms with Gasteiger partial charge in [0.1, 0.15) is 6.61 Å². The Hall–Kier alpha value is -1.83. The quantitative estimate of drug-likeness (QED) is 0.816. The average Bonchev–Trinajstić information content (AvgIpc) is 2.89. The van der Waals surface area contributed by atoms with Crippen LogP contribution in [0.3, 0.4) is 0 Å². The third-order valence-corrected chi connectivity index (χ3v) is 3.83. The number of nitrogens with zero attached hydrogens (tertiary/aromatic N) is 1. The van der Waals surface area contributed by atoms with Crippen LogP contribution in [0.15, 0.2) is 18.2 Å². The van der Waals surface area contributed by atoms with Crippen LogP contribution in [-0.2, 0) is 0 Å². The minimum atomic E-state index is -0.176. The molecule has 1 aromatic rings. The zero-order valence-electron chi connectivity index (χ0n) is 12.6. The fourth-order valence-corrected chi connectivity index (χ4v) is 2.61. The van der Waals surface area contributed by atoms with Crippen LogP contribution < -0.4 is 5.32 Å². The van der Waals surface area contributed by atoms with Crippen molar-refractivity contribution in [3.8, 4) is 11.8 Å². The van der Waals surface area contributed by atoms with Crippen LogP contribution in [-0.4, -0.2) is 49.2 Å². The molecule has 1 saturated heterocycles. The summed E-state index contributed by atoms with van der Waals surface area (Å²) in [6.07, 6.45) is 1.14. The predicted octanol–water partition coefficient (Wildman–Crippen LogP) is 1.02. The molecule has 0 spiro atoms. The summed E-state index contributed by atoms with van der Waals surface area (Å²) in [6, 6.07) is 5.54. The summed E-state index contributed by atoms with van der Waals surface area (Å²) in [6.45, 7) is 4.61. The standard InChI is InChI=1S/C17H22N2O2/c1-13-5-6-14(4-3-9-20)10-16(13)17(21)18-11-15-7-8-19(2)12-15/h5-6,10,15,20H,7-9,11-12H2,1-2H3,(H,18,21). The van der Waals surface area contributed by atoms with Crippen LogP contribution in [0.1, 0.15) is 27.9 Å². The Balaban J connectivity index is 2.01. The summed E-state index contributed by atoms with van der Waals surface area (Å²) < 4.78 is 0. The average molecular weight is 286 g/mol. The number of hydrogen-bond donors (Lipinski definition) is 2. The Morgan fingerprint density at radius 3 is 3.00 bits per heavy atom. The number of aryl methyl sites for hydroxylation is 1. The van der Waals surface area contributed by atoms with E-state index in [0.717, 1.165) is 37.2 Å². The Bertz CT molecular complexity index is 572. The topological polar surface area (TPSA) is 52.6 Å². The van der Waals surface area contributed by atoms with Gasteiger partial charge < -0.3 is 15.3 Å². The lowest BCUT2D eigenvalue weighted by molar-refractivity contribution is 0.0947. The van der Waals surface area contributed by atoms with Gasteiger partial charge in [-0.2, -0.15) is 0 Å². The second kappa shape index (κ2) is 7.26. The van der Waals surface area contributed by atoms with E-state index >= 15 is 0 Å². The van der Waals surface area contributed by atoms with Gasteiger partial charge >= 0.3 is 0 Å². The van der Waals surface area contributed by atoms with Crippen molar-refractivity contribution >= 4 is 5.91 Å². The Morgan fingerprint density at radius 1 is 1.52 bits per heavy atom. The molecule has 0 aliphatic carbocycles. The van der Waals surface area contributed by atoms with Crippen LogP contribution >= 0.6 is 0 Å². The maximum Gasteiger partial charge on any atom is 0.251 e. The number of rotatable bonds is 3. The van der Waals surface area contributed by atoms with E-state index in [0.29, 0.717) is 11.5 Å². The lowest BCUT2D eigenvalue weighted by Crippen LogP contribution is -2.30. The summed E-state index contributed by atoms with van der Waals surface area (Å²) in [5.74, 6) is 5.93. The maximum absolute atomic E-state index is 12.3. The molecule has 4 nitrogen and oxygen atoms in total. The van der Waals surface area contributed by atoms with Crippen molar-refractivity contribution in [2.24, 2.45) is 5.92 Å². The van der Waals surface area contributed by atoms with E-state index in [1.54, 1.807) is 6.07 Å². The molecule has 2 N–H and O–H groups in total. The van der Waals surface area contributed by atoms with Crippen LogP contribution in [0.4, 0.5) is 0 Å². The van der Waals surface area contributed by atoms with Gasteiger partial charge in [-0.3, -0.25) is 4.79 Å². The van der Waals surface area contributed by atoms with E-state index in [2.05, 4.69) is 29.1 Å². The molecule has 1 heterocycles. The van der Waals surface area contributed by atoms with Gasteiger partial charge in [0.05, 0.1) is 0 Å². The smallest absolute Gasteiger partial charge is 0.251 e. The zero-order chi connectivity index (χ0) is 15.2. The highest BCUT2D eigenvalue weighted by atomic mass is 16.2. The lowest BCUT2D eigenvalue weighted by atomic mass is 10.0. The molecule has 1 aliphatic rings. The molecule has 4 heteroatoms. The third-order valence-electron chi connectivity index (χ3n) is 3.83. The van der Waals surface area contributed by atoms with E-state index in [1.165, 1.54) is 0 Å². The van der Waals surface area contributed by atoms with Crippen molar-refractivity contribution < 1.29 is 9.90 Å². The number of aliphatic hydroxyl groups excluding tert-OH is 1. The summed E-state index contributed by atoms with van der Waals surface area (Å²) in [4.78, 5) is 14.6. The molecule has 1 unspecified atom stereocenters. The van der Waals surface area contributed by atoms with Crippen molar-refractivity contribution in [1.29, 1.82) is 0 Å². The molecular formula is C17H22N2O2. The van der Waals surface area contributed by atoms with Gasteiger partial charge in [-0.15, -0.1) is 0 Å². The molecule has 2 rings (SSSR count). The van der Waals surface area contributed by atoms with Gasteiger partial charge in [-0.1, -0.05) is 17.9 Å². The molecule has 0 aromatic heterocycles. The first-order valence-electron chi connectivity index (χ1n) is 7.27. The molecule has 1 atom stereocenters. The summed E-state index contributed by atoms with van der Waals surface area (Å²) in [5, 5.41) is 11.8. The second-order valence-corrected chi connectivity index (χ2v) is 5.62. The molecule has 0 bridgehead atoms. The number of likely N-dealkylation sites (tertiary alicyclic amines) is 1. The monoisotopic (exact) mass is 286 g/mol. The van der Waals surface area contributed by atoms with E-state index in [9.17, 15) is 4.79 Å². The summed E-state index contributed by atoms with van der Waals surface area (Å²) in [7, 11) is 2.11. The zero-order valence-corrected chi connectivity index (χ0v) is 12.6. The molecule has 112 valence electrons. The normalized spacial score (nSPS) is 18.1. The van der Waals surface area contributed by atoms with E-state index < -0.39 is 0 Å². The number of carbonyl (C=O) groups is 1. The van der Waals surface area contributed by atoms with Crippen molar-refractivity contribution in [2.75, 3.05) is 33.3 Å². The van der Waals surface area contributed by atoms with Crippen LogP contribution in [0.2, 0.25) is 0 Å². The highest BCUT2D eigenvalue weighted by Crippen LogP contribution is 2.14. The first-order chi connectivity index (χ1) is 10.1. The van der Waals surface area contributed by atoms with Crippen LogP contribution in [0, 0.1) is 24.7 Å². The van der Waals surface area contributed by atoms with Gasteiger partial charge in [-0.25, -0.2) is 0 Å². The fraction of sp³-hybridized carbons (Fsp3) is 0.471. The number of amides is 1. The highest BCUT2D eigenvalue weighted by molar-refractivity contribution is 5.96. The predicted molar refractivity (Wildman–Crippen MR) is 83.1 cm³/mol. The van der Waals surface area contributed by atoms with Gasteiger partial charge in [0.2, 0.25) is 0 Å². The van der Waals surface area contributed by atoms with Crippen molar-refractivity contribution in [2.45, 2.75) is 13.3 Å². The molecule has 1 amide bonds. The van der Waals surface area contributed by atoms with Crippen LogP contribution in [0.25, 0.3) is 0 Å². The maximum atomic E-state index is 12.3. The Morgan fingerprint density at radius 2 is 2.33 bits per heavy atom. The lowest BCUT2D eigenvalue weighted by Gasteiger charge is -2.13. The number of nitrogens with one attached hydrogen (secondary N) is 1. The molecule has 21 heavy (non-hydrogen) atoms. The van der Waals surface area contributed by atoms with Crippen LogP contribution in [0.5, 0.6) is 0 Å². The van der Waals surface area contributed by atoms with E-state index in [-0.39, 0.29) is 12.5 Å². The fourth-order valence-electron chi connectivity index (χ4n) is 2.61. The number of benzene rings is 1. The molecule has 1 aromatic carbocycles. The Kier molecular flexibility index (Phi) is 5.38. The molecule has 1 fully saturated rings. The van der Waals surface area contributed by atoms with E-state index in [4.69, 9.17) is 5.11 Å². The first-order valence-corrected chi connectivity index (χ1v) is 7.27. The van der Waals surface area contributed by atoms with Gasteiger partial charge in [0.15, 0.2) is 0 Å². The Labute approximate surface area is 126 Å². The summed E-state index contributed by atoms with van der Waals surface area (Å²) >= 11 is 0. The van der Waals surface area contributed by atoms with Crippen molar-refractivity contribution in [3.05, 3.63) is 34.9 Å². The van der Waals surface area contributed by atoms with Crippen molar-refractivity contribution in [1.82, 2.24) is 10.2 Å². The number of aliphatic hydroxyl groups is 1. The molecular weight excluding hydrogens is 264 g/mol. The molecule has 0 saturated carbocycles. The third kappa shape index (κ3) is 4.32. The second-order valence-electron chi connectivity index (χ2n) is 5.62. The number of carbonyl (C=O) groups excluding carboxylic acids is 1. The largest absolute Gasteiger partial charge is 0.384 e. The summed E-state index contributed by atoms with van der Waals surface area (Å²) in [5.41, 5.74) is 2.34.